The molecule has 0 saturated heterocycles. The normalized spacial score (nSPS) is 9.64. The lowest BCUT2D eigenvalue weighted by atomic mass is 10.1. The fraction of sp³-hybridized carbons (Fsp3) is 0. The summed E-state index contributed by atoms with van der Waals surface area (Å²) in [6, 6.07) is 1.87. The molecule has 1 nitrogen and oxygen atoms in total. The van der Waals surface area contributed by atoms with E-state index in [9.17, 15) is 8.78 Å². The van der Waals surface area contributed by atoms with Crippen LogP contribution in [0.5, 0.6) is 0 Å². The Labute approximate surface area is 63.1 Å². The zero-order valence-electron chi connectivity index (χ0n) is 5.77. The van der Waals surface area contributed by atoms with Gasteiger partial charge in [0.1, 0.15) is 11.6 Å². The van der Waals surface area contributed by atoms with Crippen LogP contribution in [-0.2, 0) is 0 Å². The third-order valence-corrected chi connectivity index (χ3v) is 1.35. The third-order valence-electron chi connectivity index (χ3n) is 1.35. The summed E-state index contributed by atoms with van der Waals surface area (Å²) in [4.78, 5) is 0. The summed E-state index contributed by atoms with van der Waals surface area (Å²) in [5, 5.41) is 0. The maximum absolute atomic E-state index is 12.6. The molecule has 0 atom stereocenters. The zero-order chi connectivity index (χ0) is 8.43. The Hall–Kier alpha value is -1.38. The Balaban J connectivity index is 3.35. The van der Waals surface area contributed by atoms with Gasteiger partial charge in [0.05, 0.1) is 5.69 Å². The van der Waals surface area contributed by atoms with E-state index in [0.29, 0.717) is 0 Å². The van der Waals surface area contributed by atoms with Gasteiger partial charge in [-0.2, -0.15) is 0 Å². The number of rotatable bonds is 1. The molecule has 1 aromatic carbocycles. The van der Waals surface area contributed by atoms with Crippen LogP contribution in [0.2, 0.25) is 0 Å². The molecular formula is C8H7F2N. The first-order chi connectivity index (χ1) is 5.15. The monoisotopic (exact) mass is 155 g/mol. The summed E-state index contributed by atoms with van der Waals surface area (Å²) in [5.41, 5.74) is 5.46. The van der Waals surface area contributed by atoms with Crippen LogP contribution in [0.25, 0.3) is 6.08 Å². The Morgan fingerprint density at radius 3 is 2.55 bits per heavy atom. The molecule has 0 aliphatic heterocycles. The summed E-state index contributed by atoms with van der Waals surface area (Å²) >= 11 is 0. The molecule has 1 rings (SSSR count). The van der Waals surface area contributed by atoms with Crippen molar-refractivity contribution in [2.45, 2.75) is 0 Å². The molecule has 0 saturated carbocycles. The Bertz CT molecular complexity index is 294. The predicted octanol–water partition coefficient (Wildman–Crippen LogP) is 2.19. The summed E-state index contributed by atoms with van der Waals surface area (Å²) in [6.07, 6.45) is 1.31. The van der Waals surface area contributed by atoms with Crippen molar-refractivity contribution in [3.8, 4) is 0 Å². The minimum absolute atomic E-state index is 0.0681. The van der Waals surface area contributed by atoms with Crippen molar-refractivity contribution >= 4 is 11.8 Å². The lowest BCUT2D eigenvalue weighted by Gasteiger charge is -2.00. The molecule has 1 aromatic rings. The fourth-order valence-corrected chi connectivity index (χ4v) is 0.774. The standard InChI is InChI=1S/C8H7F2N/c1-2-5-3-6(9)4-7(10)8(5)11/h2-4H,1,11H2. The molecule has 0 aromatic heterocycles. The van der Waals surface area contributed by atoms with Gasteiger partial charge in [-0.1, -0.05) is 12.7 Å². The highest BCUT2D eigenvalue weighted by atomic mass is 19.1. The molecule has 0 fully saturated rings. The smallest absolute Gasteiger partial charge is 0.149 e. The summed E-state index contributed by atoms with van der Waals surface area (Å²) in [6.45, 7) is 3.36. The number of hydrogen-bond acceptors (Lipinski definition) is 1. The number of nitrogens with two attached hydrogens (primary N) is 1. The lowest BCUT2D eigenvalue weighted by molar-refractivity contribution is 0.586. The SMILES string of the molecule is C=Cc1cc(F)cc(F)c1N. The minimum atomic E-state index is -0.750. The van der Waals surface area contributed by atoms with Crippen LogP contribution in [0.3, 0.4) is 0 Å². The van der Waals surface area contributed by atoms with Crippen molar-refractivity contribution in [3.05, 3.63) is 35.9 Å². The van der Waals surface area contributed by atoms with Gasteiger partial charge in [-0.15, -0.1) is 0 Å². The van der Waals surface area contributed by atoms with Crippen molar-refractivity contribution < 1.29 is 8.78 Å². The second kappa shape index (κ2) is 2.70. The highest BCUT2D eigenvalue weighted by molar-refractivity contribution is 5.63. The van der Waals surface area contributed by atoms with Crippen LogP contribution >= 0.6 is 0 Å². The fourth-order valence-electron chi connectivity index (χ4n) is 0.774. The summed E-state index contributed by atoms with van der Waals surface area (Å²) in [5.74, 6) is -1.40. The molecular weight excluding hydrogens is 148 g/mol. The van der Waals surface area contributed by atoms with Gasteiger partial charge in [0.2, 0.25) is 0 Å². The first kappa shape index (κ1) is 7.72. The zero-order valence-corrected chi connectivity index (χ0v) is 5.77. The van der Waals surface area contributed by atoms with Crippen LogP contribution in [0.4, 0.5) is 14.5 Å². The van der Waals surface area contributed by atoms with E-state index in [4.69, 9.17) is 5.73 Å². The van der Waals surface area contributed by atoms with Gasteiger partial charge in [-0.25, -0.2) is 8.78 Å². The molecule has 0 heterocycles. The summed E-state index contributed by atoms with van der Waals surface area (Å²) < 4.78 is 25.1. The molecule has 58 valence electrons. The molecule has 0 aliphatic rings. The molecule has 2 N–H and O–H groups in total. The van der Waals surface area contributed by atoms with E-state index in [1.54, 1.807) is 0 Å². The molecule has 0 spiro atoms. The van der Waals surface area contributed by atoms with Crippen molar-refractivity contribution in [2.75, 3.05) is 5.73 Å². The van der Waals surface area contributed by atoms with E-state index in [2.05, 4.69) is 6.58 Å². The largest absolute Gasteiger partial charge is 0.396 e. The highest BCUT2D eigenvalue weighted by Crippen LogP contribution is 2.18. The number of nitrogen functional groups attached to an aromatic ring is 1. The van der Waals surface area contributed by atoms with E-state index in [1.807, 2.05) is 0 Å². The molecule has 0 bridgehead atoms. The van der Waals surface area contributed by atoms with E-state index >= 15 is 0 Å². The molecule has 0 radical (unpaired) electrons. The van der Waals surface area contributed by atoms with Gasteiger partial charge in [0, 0.05) is 11.6 Å². The van der Waals surface area contributed by atoms with E-state index in [-0.39, 0.29) is 11.3 Å². The van der Waals surface area contributed by atoms with Crippen LogP contribution in [0.1, 0.15) is 5.56 Å². The van der Waals surface area contributed by atoms with Crippen molar-refractivity contribution in [2.24, 2.45) is 0 Å². The van der Waals surface area contributed by atoms with Crippen LogP contribution in [-0.4, -0.2) is 0 Å². The number of benzene rings is 1. The quantitative estimate of drug-likeness (QED) is 0.618. The molecule has 11 heavy (non-hydrogen) atoms. The Kier molecular flexibility index (Phi) is 1.89. The molecule has 0 amide bonds. The number of hydrogen-bond donors (Lipinski definition) is 1. The Morgan fingerprint density at radius 2 is 2.00 bits per heavy atom. The second-order valence-electron chi connectivity index (χ2n) is 2.09. The van der Waals surface area contributed by atoms with Gasteiger partial charge >= 0.3 is 0 Å². The molecule has 0 aliphatic carbocycles. The van der Waals surface area contributed by atoms with Gasteiger partial charge in [-0.3, -0.25) is 0 Å². The van der Waals surface area contributed by atoms with Gasteiger partial charge in [0.15, 0.2) is 0 Å². The van der Waals surface area contributed by atoms with E-state index in [0.717, 1.165) is 12.1 Å². The number of anilines is 1. The van der Waals surface area contributed by atoms with Crippen LogP contribution in [0.15, 0.2) is 18.7 Å². The first-order valence-corrected chi connectivity index (χ1v) is 3.02. The lowest BCUT2D eigenvalue weighted by Crippen LogP contribution is -1.95. The average molecular weight is 155 g/mol. The van der Waals surface area contributed by atoms with E-state index < -0.39 is 11.6 Å². The van der Waals surface area contributed by atoms with Crippen molar-refractivity contribution in [1.82, 2.24) is 0 Å². The minimum Gasteiger partial charge on any atom is -0.396 e. The second-order valence-corrected chi connectivity index (χ2v) is 2.09. The maximum atomic E-state index is 12.6. The topological polar surface area (TPSA) is 26.0 Å². The highest BCUT2D eigenvalue weighted by Gasteiger charge is 2.04. The van der Waals surface area contributed by atoms with Gasteiger partial charge in [-0.05, 0) is 6.07 Å². The van der Waals surface area contributed by atoms with Crippen molar-refractivity contribution in [3.63, 3.8) is 0 Å². The van der Waals surface area contributed by atoms with Gasteiger partial charge < -0.3 is 5.73 Å². The first-order valence-electron chi connectivity index (χ1n) is 3.02. The number of halogens is 2. The molecule has 0 unspecified atom stereocenters. The average Bonchev–Trinajstić information content (AvgIpc) is 1.96. The Morgan fingerprint density at radius 1 is 1.36 bits per heavy atom. The predicted molar refractivity (Wildman–Crippen MR) is 40.9 cm³/mol. The van der Waals surface area contributed by atoms with E-state index in [1.165, 1.54) is 6.08 Å². The third kappa shape index (κ3) is 1.37. The van der Waals surface area contributed by atoms with Crippen molar-refractivity contribution in [1.29, 1.82) is 0 Å². The summed E-state index contributed by atoms with van der Waals surface area (Å²) in [7, 11) is 0. The van der Waals surface area contributed by atoms with Crippen LogP contribution in [0, 0.1) is 11.6 Å². The maximum Gasteiger partial charge on any atom is 0.149 e. The molecule has 3 heteroatoms. The van der Waals surface area contributed by atoms with Crippen LogP contribution < -0.4 is 5.73 Å². The van der Waals surface area contributed by atoms with Gasteiger partial charge in [0.25, 0.3) is 0 Å².